The Morgan fingerprint density at radius 2 is 1.73 bits per heavy atom. The highest BCUT2D eigenvalue weighted by atomic mass is 16.5. The van der Waals surface area contributed by atoms with Crippen LogP contribution in [0.3, 0.4) is 0 Å². The molecule has 3 nitrogen and oxygen atoms in total. The maximum absolute atomic E-state index is 11.5. The number of hydrogen-bond donors (Lipinski definition) is 1. The van der Waals surface area contributed by atoms with Crippen LogP contribution in [0.15, 0.2) is 66.4 Å². The second-order valence-electron chi connectivity index (χ2n) is 5.38. The first-order valence-electron chi connectivity index (χ1n) is 7.57. The summed E-state index contributed by atoms with van der Waals surface area (Å²) in [4.78, 5) is 11.5. The van der Waals surface area contributed by atoms with E-state index >= 15 is 0 Å². The fraction of sp³-hybridized carbons (Fsp3) is 0.211. The molecule has 0 radical (unpaired) electrons. The standard InChI is InChI=1S/C19H19NO2/c21-17-10-6-9-16(13-17)20-18-11-4-5-12-19(18)22-14-15-7-2-1-3-8-15/h1-5,7-8,11-13,20H,6,9-10,14H2. The summed E-state index contributed by atoms with van der Waals surface area (Å²) in [6.07, 6.45) is 4.16. The number of carbonyl (C=O) groups is 1. The van der Waals surface area contributed by atoms with Gasteiger partial charge in [-0.1, -0.05) is 42.5 Å². The van der Waals surface area contributed by atoms with Crippen molar-refractivity contribution in [1.82, 2.24) is 0 Å². The Labute approximate surface area is 130 Å². The Kier molecular flexibility index (Phi) is 4.54. The van der Waals surface area contributed by atoms with Crippen molar-refractivity contribution in [3.63, 3.8) is 0 Å². The van der Waals surface area contributed by atoms with Gasteiger partial charge in [0.25, 0.3) is 0 Å². The molecular weight excluding hydrogens is 274 g/mol. The van der Waals surface area contributed by atoms with E-state index in [0.717, 1.165) is 35.5 Å². The number of hydrogen-bond acceptors (Lipinski definition) is 3. The van der Waals surface area contributed by atoms with Crippen molar-refractivity contribution < 1.29 is 9.53 Å². The summed E-state index contributed by atoms with van der Waals surface area (Å²) < 4.78 is 5.92. The largest absolute Gasteiger partial charge is 0.487 e. The summed E-state index contributed by atoms with van der Waals surface area (Å²) in [6, 6.07) is 17.9. The summed E-state index contributed by atoms with van der Waals surface area (Å²) >= 11 is 0. The van der Waals surface area contributed by atoms with Gasteiger partial charge in [-0.25, -0.2) is 0 Å². The Morgan fingerprint density at radius 3 is 2.55 bits per heavy atom. The van der Waals surface area contributed by atoms with Crippen LogP contribution in [0, 0.1) is 0 Å². The van der Waals surface area contributed by atoms with Crippen molar-refractivity contribution in [3.8, 4) is 5.75 Å². The van der Waals surface area contributed by atoms with Crippen LogP contribution in [0.1, 0.15) is 24.8 Å². The van der Waals surface area contributed by atoms with E-state index in [-0.39, 0.29) is 5.78 Å². The summed E-state index contributed by atoms with van der Waals surface area (Å²) in [7, 11) is 0. The minimum atomic E-state index is 0.191. The van der Waals surface area contributed by atoms with E-state index < -0.39 is 0 Å². The van der Waals surface area contributed by atoms with Crippen molar-refractivity contribution in [2.75, 3.05) is 5.32 Å². The highest BCUT2D eigenvalue weighted by molar-refractivity contribution is 5.91. The zero-order valence-corrected chi connectivity index (χ0v) is 12.4. The van der Waals surface area contributed by atoms with E-state index in [0.29, 0.717) is 13.0 Å². The zero-order chi connectivity index (χ0) is 15.2. The number of anilines is 1. The lowest BCUT2D eigenvalue weighted by molar-refractivity contribution is -0.115. The number of rotatable bonds is 5. The number of nitrogens with one attached hydrogen (secondary N) is 1. The normalized spacial score (nSPS) is 14.4. The van der Waals surface area contributed by atoms with E-state index in [2.05, 4.69) is 5.32 Å². The lowest BCUT2D eigenvalue weighted by Gasteiger charge is -2.17. The van der Waals surface area contributed by atoms with Gasteiger partial charge in [-0.15, -0.1) is 0 Å². The molecule has 1 N–H and O–H groups in total. The number of benzene rings is 2. The first-order chi connectivity index (χ1) is 10.8. The fourth-order valence-corrected chi connectivity index (χ4v) is 2.49. The molecule has 0 aromatic heterocycles. The van der Waals surface area contributed by atoms with Crippen molar-refractivity contribution in [1.29, 1.82) is 0 Å². The molecule has 3 heteroatoms. The van der Waals surface area contributed by atoms with E-state index in [1.165, 1.54) is 0 Å². The molecule has 0 saturated heterocycles. The number of carbonyl (C=O) groups excluding carboxylic acids is 1. The van der Waals surface area contributed by atoms with Crippen molar-refractivity contribution in [2.45, 2.75) is 25.9 Å². The van der Waals surface area contributed by atoms with Gasteiger partial charge in [0.15, 0.2) is 5.78 Å². The Morgan fingerprint density at radius 1 is 0.955 bits per heavy atom. The van der Waals surface area contributed by atoms with Crippen molar-refractivity contribution in [3.05, 3.63) is 71.9 Å². The maximum Gasteiger partial charge on any atom is 0.157 e. The molecule has 0 atom stereocenters. The molecule has 1 aliphatic carbocycles. The lowest BCUT2D eigenvalue weighted by Crippen LogP contribution is -2.10. The minimum Gasteiger partial charge on any atom is -0.487 e. The van der Waals surface area contributed by atoms with Gasteiger partial charge in [0.2, 0.25) is 0 Å². The van der Waals surface area contributed by atoms with Gasteiger partial charge in [-0.3, -0.25) is 4.79 Å². The third-order valence-corrected chi connectivity index (χ3v) is 3.62. The second kappa shape index (κ2) is 6.94. The van der Waals surface area contributed by atoms with Gasteiger partial charge in [-0.05, 0) is 30.5 Å². The second-order valence-corrected chi connectivity index (χ2v) is 5.38. The molecule has 0 amide bonds. The van der Waals surface area contributed by atoms with E-state index in [9.17, 15) is 4.79 Å². The number of para-hydroxylation sites is 2. The van der Waals surface area contributed by atoms with Crippen LogP contribution in [0.4, 0.5) is 5.69 Å². The monoisotopic (exact) mass is 293 g/mol. The van der Waals surface area contributed by atoms with Gasteiger partial charge in [0, 0.05) is 18.2 Å². The molecule has 0 unspecified atom stereocenters. The molecule has 0 heterocycles. The molecule has 0 fully saturated rings. The summed E-state index contributed by atoms with van der Waals surface area (Å²) in [5.41, 5.74) is 3.00. The van der Waals surface area contributed by atoms with Crippen molar-refractivity contribution >= 4 is 11.5 Å². The van der Waals surface area contributed by atoms with Gasteiger partial charge < -0.3 is 10.1 Å². The van der Waals surface area contributed by atoms with Crippen LogP contribution < -0.4 is 10.1 Å². The fourth-order valence-electron chi connectivity index (χ4n) is 2.49. The minimum absolute atomic E-state index is 0.191. The van der Waals surface area contributed by atoms with E-state index in [1.807, 2.05) is 54.6 Å². The molecule has 0 spiro atoms. The van der Waals surface area contributed by atoms with Crippen LogP contribution in [0.25, 0.3) is 0 Å². The molecule has 2 aromatic rings. The quantitative estimate of drug-likeness (QED) is 0.892. The Hall–Kier alpha value is -2.55. The Bertz CT molecular complexity index is 677. The van der Waals surface area contributed by atoms with Crippen LogP contribution in [-0.4, -0.2) is 5.78 Å². The van der Waals surface area contributed by atoms with Crippen LogP contribution in [-0.2, 0) is 11.4 Å². The zero-order valence-electron chi connectivity index (χ0n) is 12.4. The average molecular weight is 293 g/mol. The number of ketones is 1. The van der Waals surface area contributed by atoms with Gasteiger partial charge in [0.05, 0.1) is 5.69 Å². The SMILES string of the molecule is O=C1C=C(Nc2ccccc2OCc2ccccc2)CCC1. The molecule has 22 heavy (non-hydrogen) atoms. The molecule has 0 bridgehead atoms. The average Bonchev–Trinajstić information content (AvgIpc) is 2.55. The third kappa shape index (κ3) is 3.76. The molecule has 1 aliphatic rings. The third-order valence-electron chi connectivity index (χ3n) is 3.62. The smallest absolute Gasteiger partial charge is 0.157 e. The van der Waals surface area contributed by atoms with E-state index in [1.54, 1.807) is 6.08 Å². The summed E-state index contributed by atoms with van der Waals surface area (Å²) in [5, 5.41) is 3.33. The summed E-state index contributed by atoms with van der Waals surface area (Å²) in [5.74, 6) is 0.988. The van der Waals surface area contributed by atoms with Crippen molar-refractivity contribution in [2.24, 2.45) is 0 Å². The maximum atomic E-state index is 11.5. The molecule has 0 aliphatic heterocycles. The van der Waals surface area contributed by atoms with Gasteiger partial charge in [-0.2, -0.15) is 0 Å². The molecule has 3 rings (SSSR count). The number of ether oxygens (including phenoxy) is 1. The van der Waals surface area contributed by atoms with Crippen LogP contribution in [0.2, 0.25) is 0 Å². The van der Waals surface area contributed by atoms with Gasteiger partial charge >= 0.3 is 0 Å². The topological polar surface area (TPSA) is 38.3 Å². The van der Waals surface area contributed by atoms with E-state index in [4.69, 9.17) is 4.74 Å². The number of allylic oxidation sites excluding steroid dienone is 2. The molecule has 112 valence electrons. The molecule has 0 saturated carbocycles. The first kappa shape index (κ1) is 14.4. The predicted octanol–water partition coefficient (Wildman–Crippen LogP) is 4.31. The Balaban J connectivity index is 1.71. The lowest BCUT2D eigenvalue weighted by atomic mass is 10.0. The highest BCUT2D eigenvalue weighted by Crippen LogP contribution is 2.28. The van der Waals surface area contributed by atoms with Crippen LogP contribution >= 0.6 is 0 Å². The summed E-state index contributed by atoms with van der Waals surface area (Å²) in [6.45, 7) is 0.525. The molecule has 2 aromatic carbocycles. The highest BCUT2D eigenvalue weighted by Gasteiger charge is 2.11. The van der Waals surface area contributed by atoms with Crippen LogP contribution in [0.5, 0.6) is 5.75 Å². The first-order valence-corrected chi connectivity index (χ1v) is 7.57. The molecular formula is C19H19NO2. The predicted molar refractivity (Wildman–Crippen MR) is 87.8 cm³/mol. The van der Waals surface area contributed by atoms with Gasteiger partial charge in [0.1, 0.15) is 12.4 Å².